The molecule has 28 heavy (non-hydrogen) atoms. The van der Waals surface area contributed by atoms with E-state index in [1.165, 1.54) is 10.4 Å². The van der Waals surface area contributed by atoms with Gasteiger partial charge in [0.2, 0.25) is 5.91 Å². The topological polar surface area (TPSA) is 50.2 Å². The van der Waals surface area contributed by atoms with Gasteiger partial charge in [0.25, 0.3) is 0 Å². The summed E-state index contributed by atoms with van der Waals surface area (Å²) < 4.78 is 2.02. The van der Waals surface area contributed by atoms with E-state index in [1.807, 2.05) is 35.9 Å². The molecule has 1 aromatic carbocycles. The van der Waals surface area contributed by atoms with Crippen LogP contribution in [-0.4, -0.2) is 33.7 Å². The van der Waals surface area contributed by atoms with Crippen molar-refractivity contribution in [3.8, 4) is 0 Å². The zero-order chi connectivity index (χ0) is 19.9. The Hall–Kier alpha value is -2.44. The molecule has 3 rings (SSSR count). The summed E-state index contributed by atoms with van der Waals surface area (Å²) in [5.74, 6) is 0.0491. The van der Waals surface area contributed by atoms with Gasteiger partial charge in [0.15, 0.2) is 0 Å². The van der Waals surface area contributed by atoms with E-state index >= 15 is 0 Å². The Bertz CT molecular complexity index is 887. The average molecular weight is 397 g/mol. The number of carbonyl (C=O) groups is 1. The smallest absolute Gasteiger partial charge is 0.234 e. The van der Waals surface area contributed by atoms with Crippen LogP contribution >= 0.6 is 11.3 Å². The molecule has 0 unspecified atom stereocenters. The molecule has 1 N–H and O–H groups in total. The third-order valence-electron chi connectivity index (χ3n) is 4.94. The Balaban J connectivity index is 1.57. The van der Waals surface area contributed by atoms with Gasteiger partial charge >= 0.3 is 0 Å². The van der Waals surface area contributed by atoms with Crippen LogP contribution in [0.5, 0.6) is 0 Å². The van der Waals surface area contributed by atoms with Crippen LogP contribution in [0.4, 0.5) is 0 Å². The fourth-order valence-electron chi connectivity index (χ4n) is 3.25. The van der Waals surface area contributed by atoms with E-state index in [4.69, 9.17) is 0 Å². The summed E-state index contributed by atoms with van der Waals surface area (Å²) in [5.41, 5.74) is 4.40. The highest BCUT2D eigenvalue weighted by Crippen LogP contribution is 2.15. The predicted octanol–water partition coefficient (Wildman–Crippen LogP) is 3.75. The van der Waals surface area contributed by atoms with Gasteiger partial charge in [0.1, 0.15) is 0 Å². The molecule has 2 aromatic heterocycles. The summed E-state index contributed by atoms with van der Waals surface area (Å²) in [6.45, 7) is 9.49. The molecule has 0 aliphatic rings. The molecule has 3 aromatic rings. The molecular formula is C22H28N4OS. The van der Waals surface area contributed by atoms with Crippen molar-refractivity contribution in [1.82, 2.24) is 20.0 Å². The second-order valence-corrected chi connectivity index (χ2v) is 7.98. The first-order chi connectivity index (χ1) is 13.6. The Morgan fingerprint density at radius 3 is 2.64 bits per heavy atom. The Labute approximate surface area is 171 Å². The molecule has 0 saturated carbocycles. The molecule has 0 aliphatic carbocycles. The van der Waals surface area contributed by atoms with Crippen LogP contribution in [0.3, 0.4) is 0 Å². The number of nitrogens with one attached hydrogen (secondary N) is 1. The molecule has 0 radical (unpaired) electrons. The van der Waals surface area contributed by atoms with Crippen molar-refractivity contribution in [2.24, 2.45) is 0 Å². The van der Waals surface area contributed by atoms with E-state index in [0.717, 1.165) is 36.6 Å². The Morgan fingerprint density at radius 2 is 1.96 bits per heavy atom. The normalized spacial score (nSPS) is 11.1. The van der Waals surface area contributed by atoms with Crippen molar-refractivity contribution < 1.29 is 4.79 Å². The largest absolute Gasteiger partial charge is 0.351 e. The van der Waals surface area contributed by atoms with Gasteiger partial charge in [-0.15, -0.1) is 11.3 Å². The van der Waals surface area contributed by atoms with Crippen LogP contribution in [0.25, 0.3) is 0 Å². The number of aryl methyl sites for hydroxylation is 1. The van der Waals surface area contributed by atoms with Gasteiger partial charge < -0.3 is 5.32 Å². The van der Waals surface area contributed by atoms with Gasteiger partial charge in [-0.25, -0.2) is 0 Å². The summed E-state index contributed by atoms with van der Waals surface area (Å²) in [4.78, 5) is 15.9. The van der Waals surface area contributed by atoms with Gasteiger partial charge in [-0.3, -0.25) is 14.4 Å². The molecule has 2 heterocycles. The van der Waals surface area contributed by atoms with Crippen LogP contribution in [0.1, 0.15) is 34.3 Å². The molecule has 0 saturated heterocycles. The van der Waals surface area contributed by atoms with E-state index in [2.05, 4.69) is 52.7 Å². The van der Waals surface area contributed by atoms with Gasteiger partial charge in [-0.05, 0) is 37.4 Å². The second kappa shape index (κ2) is 9.66. The van der Waals surface area contributed by atoms with Crippen molar-refractivity contribution >= 4 is 17.2 Å². The predicted molar refractivity (Wildman–Crippen MR) is 114 cm³/mol. The van der Waals surface area contributed by atoms with Crippen molar-refractivity contribution in [3.05, 3.63) is 75.2 Å². The van der Waals surface area contributed by atoms with E-state index in [1.54, 1.807) is 11.3 Å². The van der Waals surface area contributed by atoms with E-state index in [0.29, 0.717) is 13.1 Å². The highest BCUT2D eigenvalue weighted by molar-refractivity contribution is 7.09. The lowest BCUT2D eigenvalue weighted by Gasteiger charge is -2.19. The molecule has 0 bridgehead atoms. The summed E-state index contributed by atoms with van der Waals surface area (Å²) in [5, 5.41) is 9.81. The van der Waals surface area contributed by atoms with Crippen LogP contribution < -0.4 is 5.32 Å². The summed E-state index contributed by atoms with van der Waals surface area (Å²) in [6, 6.07) is 14.5. The zero-order valence-corrected chi connectivity index (χ0v) is 17.6. The molecule has 5 nitrogen and oxygen atoms in total. The van der Waals surface area contributed by atoms with Crippen LogP contribution in [0, 0.1) is 13.8 Å². The van der Waals surface area contributed by atoms with Gasteiger partial charge in [0.05, 0.1) is 18.8 Å². The van der Waals surface area contributed by atoms with Crippen molar-refractivity contribution in [2.45, 2.75) is 40.4 Å². The number of hydrogen-bond acceptors (Lipinski definition) is 4. The molecule has 0 aliphatic heterocycles. The van der Waals surface area contributed by atoms with E-state index in [9.17, 15) is 4.79 Å². The lowest BCUT2D eigenvalue weighted by atomic mass is 10.2. The summed E-state index contributed by atoms with van der Waals surface area (Å²) in [7, 11) is 0. The van der Waals surface area contributed by atoms with Gasteiger partial charge in [0, 0.05) is 29.2 Å². The third kappa shape index (κ3) is 5.30. The molecule has 0 fully saturated rings. The highest BCUT2D eigenvalue weighted by Gasteiger charge is 2.14. The van der Waals surface area contributed by atoms with Crippen molar-refractivity contribution in [3.63, 3.8) is 0 Å². The lowest BCUT2D eigenvalue weighted by molar-refractivity contribution is -0.122. The number of hydrogen-bond donors (Lipinski definition) is 1. The number of carbonyl (C=O) groups excluding carboxylic acids is 1. The number of benzene rings is 1. The number of thiophene rings is 1. The molecule has 6 heteroatoms. The lowest BCUT2D eigenvalue weighted by Crippen LogP contribution is -2.36. The van der Waals surface area contributed by atoms with Gasteiger partial charge in [-0.2, -0.15) is 5.10 Å². The minimum absolute atomic E-state index is 0.0491. The van der Waals surface area contributed by atoms with E-state index in [-0.39, 0.29) is 5.91 Å². The minimum Gasteiger partial charge on any atom is -0.351 e. The van der Waals surface area contributed by atoms with E-state index < -0.39 is 0 Å². The number of aromatic nitrogens is 2. The quantitative estimate of drug-likeness (QED) is 0.599. The highest BCUT2D eigenvalue weighted by atomic mass is 32.1. The Kier molecular flexibility index (Phi) is 7.01. The number of amides is 1. The minimum atomic E-state index is 0.0491. The number of likely N-dealkylation sites (N-methyl/N-ethyl adjacent to an activating group) is 1. The average Bonchev–Trinajstić information content (AvgIpc) is 3.29. The maximum Gasteiger partial charge on any atom is 0.234 e. The van der Waals surface area contributed by atoms with Gasteiger partial charge in [-0.1, -0.05) is 43.3 Å². The standard InChI is InChI=1S/C22H28N4OS/c1-4-25(15-20-11-8-12-28-20)16-22(27)23-13-21-17(2)24-26(18(21)3)14-19-9-6-5-7-10-19/h5-12H,4,13-16H2,1-3H3,(H,23,27). The van der Waals surface area contributed by atoms with Crippen molar-refractivity contribution in [1.29, 1.82) is 0 Å². The Morgan fingerprint density at radius 1 is 1.18 bits per heavy atom. The summed E-state index contributed by atoms with van der Waals surface area (Å²) >= 11 is 1.73. The molecular weight excluding hydrogens is 368 g/mol. The van der Waals surface area contributed by atoms with Crippen LogP contribution in [-0.2, 0) is 24.4 Å². The second-order valence-electron chi connectivity index (χ2n) is 6.95. The first-order valence-corrected chi connectivity index (χ1v) is 10.5. The molecule has 0 atom stereocenters. The van der Waals surface area contributed by atoms with Crippen LogP contribution in [0.2, 0.25) is 0 Å². The number of rotatable bonds is 9. The zero-order valence-electron chi connectivity index (χ0n) is 16.8. The maximum absolute atomic E-state index is 12.5. The van der Waals surface area contributed by atoms with Crippen LogP contribution in [0.15, 0.2) is 47.8 Å². The molecule has 148 valence electrons. The fraction of sp³-hybridized carbons (Fsp3) is 0.364. The fourth-order valence-corrected chi connectivity index (χ4v) is 3.99. The molecule has 0 spiro atoms. The first kappa shape index (κ1) is 20.3. The molecule has 1 amide bonds. The maximum atomic E-state index is 12.5. The SMILES string of the molecule is CCN(CC(=O)NCc1c(C)nn(Cc2ccccc2)c1C)Cc1cccs1. The van der Waals surface area contributed by atoms with Crippen molar-refractivity contribution in [2.75, 3.05) is 13.1 Å². The third-order valence-corrected chi connectivity index (χ3v) is 5.80. The summed E-state index contributed by atoms with van der Waals surface area (Å²) in [6.07, 6.45) is 0. The number of nitrogens with zero attached hydrogens (tertiary/aromatic N) is 3. The first-order valence-electron chi connectivity index (χ1n) is 9.65. The monoisotopic (exact) mass is 396 g/mol.